The van der Waals surface area contributed by atoms with E-state index in [9.17, 15) is 4.79 Å². The third kappa shape index (κ3) is 4.16. The van der Waals surface area contributed by atoms with Crippen molar-refractivity contribution in [2.75, 3.05) is 13.7 Å². The molecule has 2 aromatic rings. The molecular formula is C16H20N2O2. The Kier molecular flexibility index (Phi) is 4.82. The van der Waals surface area contributed by atoms with Crippen LogP contribution in [0.3, 0.4) is 0 Å². The monoisotopic (exact) mass is 272 g/mol. The van der Waals surface area contributed by atoms with Gasteiger partial charge in [-0.3, -0.25) is 4.79 Å². The van der Waals surface area contributed by atoms with Crippen LogP contribution >= 0.6 is 0 Å². The summed E-state index contributed by atoms with van der Waals surface area (Å²) >= 11 is 0. The molecule has 0 bridgehead atoms. The van der Waals surface area contributed by atoms with Crippen molar-refractivity contribution < 1.29 is 9.53 Å². The Balaban J connectivity index is 1.76. The Hall–Kier alpha value is -2.23. The first-order chi connectivity index (χ1) is 9.67. The molecular weight excluding hydrogens is 252 g/mol. The van der Waals surface area contributed by atoms with Crippen LogP contribution in [0.25, 0.3) is 0 Å². The fourth-order valence-electron chi connectivity index (χ4n) is 2.09. The van der Waals surface area contributed by atoms with Gasteiger partial charge in [0.15, 0.2) is 0 Å². The van der Waals surface area contributed by atoms with E-state index in [1.165, 1.54) is 0 Å². The van der Waals surface area contributed by atoms with Gasteiger partial charge in [-0.25, -0.2) is 0 Å². The molecule has 0 radical (unpaired) electrons. The summed E-state index contributed by atoms with van der Waals surface area (Å²) in [4.78, 5) is 11.8. The van der Waals surface area contributed by atoms with Crippen LogP contribution < -0.4 is 10.1 Å². The van der Waals surface area contributed by atoms with E-state index < -0.39 is 0 Å². The van der Waals surface area contributed by atoms with Gasteiger partial charge in [0, 0.05) is 26.0 Å². The predicted molar refractivity (Wildman–Crippen MR) is 78.8 cm³/mol. The van der Waals surface area contributed by atoms with Crippen LogP contribution in [0.5, 0.6) is 5.75 Å². The highest BCUT2D eigenvalue weighted by Crippen LogP contribution is 2.12. The SMILES string of the molecule is COc1cccc(CCNC(=O)Cc2ccn(C)c2)c1. The number of nitrogens with one attached hydrogen (secondary N) is 1. The number of carbonyl (C=O) groups excluding carboxylic acids is 1. The molecule has 1 heterocycles. The molecule has 0 atom stereocenters. The molecule has 0 spiro atoms. The van der Waals surface area contributed by atoms with Gasteiger partial charge in [0.05, 0.1) is 13.5 Å². The molecule has 4 nitrogen and oxygen atoms in total. The normalized spacial score (nSPS) is 10.3. The van der Waals surface area contributed by atoms with Crippen molar-refractivity contribution in [3.63, 3.8) is 0 Å². The van der Waals surface area contributed by atoms with Crippen LogP contribution in [-0.2, 0) is 24.7 Å². The Bertz CT molecular complexity index is 575. The van der Waals surface area contributed by atoms with Crippen LogP contribution in [0.15, 0.2) is 42.7 Å². The summed E-state index contributed by atoms with van der Waals surface area (Å²) in [6.45, 7) is 0.638. The van der Waals surface area contributed by atoms with E-state index in [1.54, 1.807) is 7.11 Å². The largest absolute Gasteiger partial charge is 0.497 e. The van der Waals surface area contributed by atoms with Crippen molar-refractivity contribution in [3.05, 3.63) is 53.9 Å². The van der Waals surface area contributed by atoms with Crippen LogP contribution in [0.1, 0.15) is 11.1 Å². The third-order valence-electron chi connectivity index (χ3n) is 3.13. The van der Waals surface area contributed by atoms with Gasteiger partial charge in [-0.1, -0.05) is 12.1 Å². The van der Waals surface area contributed by atoms with Crippen molar-refractivity contribution in [1.82, 2.24) is 9.88 Å². The Morgan fingerprint density at radius 2 is 2.15 bits per heavy atom. The van der Waals surface area contributed by atoms with Gasteiger partial charge in [-0.05, 0) is 35.7 Å². The van der Waals surface area contributed by atoms with E-state index in [2.05, 4.69) is 5.32 Å². The molecule has 0 aliphatic heterocycles. The first-order valence-corrected chi connectivity index (χ1v) is 6.68. The fourth-order valence-corrected chi connectivity index (χ4v) is 2.09. The summed E-state index contributed by atoms with van der Waals surface area (Å²) in [5, 5.41) is 2.94. The Morgan fingerprint density at radius 1 is 1.30 bits per heavy atom. The second kappa shape index (κ2) is 6.80. The maximum atomic E-state index is 11.8. The summed E-state index contributed by atoms with van der Waals surface area (Å²) < 4.78 is 7.12. The predicted octanol–water partition coefficient (Wildman–Crippen LogP) is 1.94. The molecule has 20 heavy (non-hydrogen) atoms. The number of hydrogen-bond donors (Lipinski definition) is 1. The lowest BCUT2D eigenvalue weighted by atomic mass is 10.1. The molecule has 2 rings (SSSR count). The average Bonchev–Trinajstić information content (AvgIpc) is 2.84. The minimum absolute atomic E-state index is 0.0547. The van der Waals surface area contributed by atoms with Gasteiger partial charge < -0.3 is 14.6 Å². The van der Waals surface area contributed by atoms with Gasteiger partial charge >= 0.3 is 0 Å². The topological polar surface area (TPSA) is 43.3 Å². The first kappa shape index (κ1) is 14.2. The zero-order valence-corrected chi connectivity index (χ0v) is 11.9. The quantitative estimate of drug-likeness (QED) is 0.873. The number of amides is 1. The molecule has 0 saturated carbocycles. The van der Waals surface area contributed by atoms with Crippen LogP contribution in [0.4, 0.5) is 0 Å². The van der Waals surface area contributed by atoms with Crippen molar-refractivity contribution >= 4 is 5.91 Å². The molecule has 0 saturated heterocycles. The molecule has 1 aromatic heterocycles. The minimum atomic E-state index is 0.0547. The Labute approximate surface area is 119 Å². The third-order valence-corrected chi connectivity index (χ3v) is 3.13. The summed E-state index contributed by atoms with van der Waals surface area (Å²) in [5.74, 6) is 0.900. The van der Waals surface area contributed by atoms with Crippen molar-refractivity contribution in [2.45, 2.75) is 12.8 Å². The molecule has 0 unspecified atom stereocenters. The van der Waals surface area contributed by atoms with Gasteiger partial charge in [0.25, 0.3) is 0 Å². The number of aryl methyl sites for hydroxylation is 1. The van der Waals surface area contributed by atoms with E-state index in [1.807, 2.05) is 54.3 Å². The molecule has 0 aliphatic rings. The molecule has 0 fully saturated rings. The maximum Gasteiger partial charge on any atom is 0.224 e. The van der Waals surface area contributed by atoms with Crippen molar-refractivity contribution in [3.8, 4) is 5.75 Å². The lowest BCUT2D eigenvalue weighted by molar-refractivity contribution is -0.120. The van der Waals surface area contributed by atoms with Crippen molar-refractivity contribution in [1.29, 1.82) is 0 Å². The van der Waals surface area contributed by atoms with Gasteiger partial charge in [-0.2, -0.15) is 0 Å². The van der Waals surface area contributed by atoms with E-state index in [0.29, 0.717) is 13.0 Å². The second-order valence-corrected chi connectivity index (χ2v) is 4.81. The van der Waals surface area contributed by atoms with E-state index in [0.717, 1.165) is 23.3 Å². The smallest absolute Gasteiger partial charge is 0.224 e. The lowest BCUT2D eigenvalue weighted by Crippen LogP contribution is -2.27. The van der Waals surface area contributed by atoms with E-state index >= 15 is 0 Å². The average molecular weight is 272 g/mol. The van der Waals surface area contributed by atoms with Crippen LogP contribution in [-0.4, -0.2) is 24.1 Å². The fraction of sp³-hybridized carbons (Fsp3) is 0.312. The summed E-state index contributed by atoms with van der Waals surface area (Å²) in [7, 11) is 3.60. The lowest BCUT2D eigenvalue weighted by Gasteiger charge is -2.06. The summed E-state index contributed by atoms with van der Waals surface area (Å²) in [6, 6.07) is 9.86. The molecule has 0 aliphatic carbocycles. The highest BCUT2D eigenvalue weighted by atomic mass is 16.5. The molecule has 1 amide bonds. The van der Waals surface area contributed by atoms with E-state index in [-0.39, 0.29) is 5.91 Å². The van der Waals surface area contributed by atoms with Gasteiger partial charge in [-0.15, -0.1) is 0 Å². The number of aromatic nitrogens is 1. The number of hydrogen-bond acceptors (Lipinski definition) is 2. The van der Waals surface area contributed by atoms with Crippen LogP contribution in [0, 0.1) is 0 Å². The maximum absolute atomic E-state index is 11.8. The van der Waals surface area contributed by atoms with E-state index in [4.69, 9.17) is 4.74 Å². The number of carbonyl (C=O) groups is 1. The molecule has 106 valence electrons. The van der Waals surface area contributed by atoms with Gasteiger partial charge in [0.1, 0.15) is 5.75 Å². The highest BCUT2D eigenvalue weighted by molar-refractivity contribution is 5.78. The number of ether oxygens (including phenoxy) is 1. The standard InChI is InChI=1S/C16H20N2O2/c1-18-9-7-14(12-18)11-16(19)17-8-6-13-4-3-5-15(10-13)20-2/h3-5,7,9-10,12H,6,8,11H2,1-2H3,(H,17,19). The van der Waals surface area contributed by atoms with Crippen LogP contribution in [0.2, 0.25) is 0 Å². The zero-order chi connectivity index (χ0) is 14.4. The number of methoxy groups -OCH3 is 1. The molecule has 1 N–H and O–H groups in total. The van der Waals surface area contributed by atoms with Crippen molar-refractivity contribution in [2.24, 2.45) is 7.05 Å². The second-order valence-electron chi connectivity index (χ2n) is 4.81. The van der Waals surface area contributed by atoms with Gasteiger partial charge in [0.2, 0.25) is 5.91 Å². The minimum Gasteiger partial charge on any atom is -0.497 e. The molecule has 4 heteroatoms. The summed E-state index contributed by atoms with van der Waals surface area (Å²) in [6.07, 6.45) is 5.14. The zero-order valence-electron chi connectivity index (χ0n) is 11.9. The summed E-state index contributed by atoms with van der Waals surface area (Å²) in [5.41, 5.74) is 2.19. The highest BCUT2D eigenvalue weighted by Gasteiger charge is 2.04. The number of nitrogens with zero attached hydrogens (tertiary/aromatic N) is 1. The number of benzene rings is 1. The number of rotatable bonds is 6. The first-order valence-electron chi connectivity index (χ1n) is 6.68. The molecule has 1 aromatic carbocycles. The Morgan fingerprint density at radius 3 is 2.85 bits per heavy atom.